The highest BCUT2D eigenvalue weighted by Crippen LogP contribution is 2.30. The number of hydrogen-bond donors (Lipinski definition) is 1. The lowest BCUT2D eigenvalue weighted by atomic mass is 10.2. The summed E-state index contributed by atoms with van der Waals surface area (Å²) in [5, 5.41) is 3.99. The molecule has 7 heteroatoms. The van der Waals surface area contributed by atoms with Crippen LogP contribution in [0.3, 0.4) is 0 Å². The quantitative estimate of drug-likeness (QED) is 0.941. The Morgan fingerprint density at radius 1 is 1.27 bits per heavy atom. The molecule has 1 N–H and O–H groups in total. The lowest BCUT2D eigenvalue weighted by Gasteiger charge is -2.35. The second-order valence-electron chi connectivity index (χ2n) is 5.29. The van der Waals surface area contributed by atoms with Crippen molar-refractivity contribution in [3.05, 3.63) is 17.3 Å². The van der Waals surface area contributed by atoms with Gasteiger partial charge in [-0.3, -0.25) is 0 Å². The molecule has 3 rings (SSSR count). The van der Waals surface area contributed by atoms with Crippen LogP contribution in [0.25, 0.3) is 10.2 Å². The van der Waals surface area contributed by atoms with E-state index in [1.165, 1.54) is 4.88 Å². The molecule has 22 heavy (non-hydrogen) atoms. The summed E-state index contributed by atoms with van der Waals surface area (Å²) in [7, 11) is 0. The average molecular weight is 319 g/mol. The van der Waals surface area contributed by atoms with Crippen molar-refractivity contribution < 1.29 is 4.79 Å². The van der Waals surface area contributed by atoms with Crippen LogP contribution in [-0.2, 0) is 6.42 Å². The highest BCUT2D eigenvalue weighted by Gasteiger charge is 2.23. The summed E-state index contributed by atoms with van der Waals surface area (Å²) >= 11 is 1.74. The molecule has 6 nitrogen and oxygen atoms in total. The Balaban J connectivity index is 1.76. The zero-order valence-corrected chi connectivity index (χ0v) is 13.8. The van der Waals surface area contributed by atoms with Crippen molar-refractivity contribution in [2.24, 2.45) is 0 Å². The predicted molar refractivity (Wildman–Crippen MR) is 89.7 cm³/mol. The van der Waals surface area contributed by atoms with Crippen LogP contribution in [0.15, 0.2) is 12.4 Å². The topological polar surface area (TPSA) is 61.4 Å². The molecule has 2 amide bonds. The lowest BCUT2D eigenvalue weighted by Crippen LogP contribution is -2.52. The number of nitrogens with one attached hydrogen (secondary N) is 1. The van der Waals surface area contributed by atoms with Crippen molar-refractivity contribution in [1.82, 2.24) is 20.2 Å². The molecule has 118 valence electrons. The summed E-state index contributed by atoms with van der Waals surface area (Å²) in [6.45, 7) is 7.82. The maximum absolute atomic E-state index is 11.9. The van der Waals surface area contributed by atoms with Crippen LogP contribution >= 0.6 is 11.3 Å². The number of piperazine rings is 1. The molecule has 2 aromatic rings. The minimum absolute atomic E-state index is 0.0267. The van der Waals surface area contributed by atoms with E-state index in [0.717, 1.165) is 48.6 Å². The zero-order valence-electron chi connectivity index (χ0n) is 13.0. The minimum atomic E-state index is 0.0267. The SMILES string of the molecule is CCNC(=O)N1CCN(c2ncnc3sc(CC)cc23)CC1. The molecule has 1 aliphatic heterocycles. The summed E-state index contributed by atoms with van der Waals surface area (Å²) in [6.07, 6.45) is 2.66. The zero-order chi connectivity index (χ0) is 15.5. The fourth-order valence-corrected chi connectivity index (χ4v) is 3.63. The van der Waals surface area contributed by atoms with Gasteiger partial charge in [0.15, 0.2) is 0 Å². The number of anilines is 1. The first-order valence-corrected chi connectivity index (χ1v) is 8.55. The Morgan fingerprint density at radius 2 is 2.05 bits per heavy atom. The number of urea groups is 1. The molecule has 1 aliphatic rings. The molecule has 3 heterocycles. The van der Waals surface area contributed by atoms with E-state index in [2.05, 4.69) is 33.2 Å². The van der Waals surface area contributed by atoms with Gasteiger partial charge in [-0.05, 0) is 19.4 Å². The molecule has 0 aliphatic carbocycles. The first kappa shape index (κ1) is 15.0. The molecule has 0 spiro atoms. The Morgan fingerprint density at radius 3 is 2.73 bits per heavy atom. The number of aromatic nitrogens is 2. The normalized spacial score (nSPS) is 15.4. The van der Waals surface area contributed by atoms with E-state index in [1.54, 1.807) is 17.7 Å². The van der Waals surface area contributed by atoms with Crippen molar-refractivity contribution >= 4 is 33.4 Å². The Labute approximate surface area is 134 Å². The van der Waals surface area contributed by atoms with Crippen LogP contribution in [0.5, 0.6) is 0 Å². The largest absolute Gasteiger partial charge is 0.352 e. The van der Waals surface area contributed by atoms with Gasteiger partial charge in [0.25, 0.3) is 0 Å². The smallest absolute Gasteiger partial charge is 0.317 e. The molecule has 0 aromatic carbocycles. The summed E-state index contributed by atoms with van der Waals surface area (Å²) in [5.74, 6) is 0.997. The van der Waals surface area contributed by atoms with Crippen molar-refractivity contribution in [2.75, 3.05) is 37.6 Å². The van der Waals surface area contributed by atoms with E-state index >= 15 is 0 Å². The number of nitrogens with zero attached hydrogens (tertiary/aromatic N) is 4. The number of hydrogen-bond acceptors (Lipinski definition) is 5. The predicted octanol–water partition coefficient (Wildman–Crippen LogP) is 2.11. The van der Waals surface area contributed by atoms with Gasteiger partial charge in [0.2, 0.25) is 0 Å². The number of rotatable bonds is 3. The van der Waals surface area contributed by atoms with E-state index < -0.39 is 0 Å². The minimum Gasteiger partial charge on any atom is -0.352 e. The monoisotopic (exact) mass is 319 g/mol. The van der Waals surface area contributed by atoms with Gasteiger partial charge in [-0.2, -0.15) is 0 Å². The fourth-order valence-electron chi connectivity index (χ4n) is 2.70. The molecular formula is C15H21N5OS. The van der Waals surface area contributed by atoms with Crippen LogP contribution in [0.1, 0.15) is 18.7 Å². The number of fused-ring (bicyclic) bond motifs is 1. The Kier molecular flexibility index (Phi) is 4.42. The summed E-state index contributed by atoms with van der Waals surface area (Å²) < 4.78 is 0. The molecule has 0 radical (unpaired) electrons. The maximum Gasteiger partial charge on any atom is 0.317 e. The second kappa shape index (κ2) is 6.48. The van der Waals surface area contributed by atoms with E-state index in [-0.39, 0.29) is 6.03 Å². The van der Waals surface area contributed by atoms with E-state index in [1.807, 2.05) is 11.8 Å². The standard InChI is InChI=1S/C15H21N5OS/c1-3-11-9-12-13(17-10-18-14(12)22-11)19-5-7-20(8-6-19)15(21)16-4-2/h9-10H,3-8H2,1-2H3,(H,16,21). The van der Waals surface area contributed by atoms with Crippen molar-refractivity contribution in [1.29, 1.82) is 0 Å². The highest BCUT2D eigenvalue weighted by atomic mass is 32.1. The van der Waals surface area contributed by atoms with E-state index in [9.17, 15) is 4.79 Å². The summed E-state index contributed by atoms with van der Waals surface area (Å²) in [5.41, 5.74) is 0. The van der Waals surface area contributed by atoms with Gasteiger partial charge >= 0.3 is 6.03 Å². The van der Waals surface area contributed by atoms with Gasteiger partial charge in [0.1, 0.15) is 17.0 Å². The molecule has 1 fully saturated rings. The number of thiophene rings is 1. The van der Waals surface area contributed by atoms with Crippen LogP contribution in [0.2, 0.25) is 0 Å². The first-order chi connectivity index (χ1) is 10.7. The second-order valence-corrected chi connectivity index (χ2v) is 6.41. The van der Waals surface area contributed by atoms with Gasteiger partial charge < -0.3 is 15.1 Å². The molecule has 0 unspecified atom stereocenters. The maximum atomic E-state index is 11.9. The highest BCUT2D eigenvalue weighted by molar-refractivity contribution is 7.18. The molecular weight excluding hydrogens is 298 g/mol. The van der Waals surface area contributed by atoms with Crippen molar-refractivity contribution in [3.8, 4) is 0 Å². The van der Waals surface area contributed by atoms with E-state index in [4.69, 9.17) is 0 Å². The average Bonchev–Trinajstić information content (AvgIpc) is 2.98. The first-order valence-electron chi connectivity index (χ1n) is 7.74. The van der Waals surface area contributed by atoms with Gasteiger partial charge in [-0.15, -0.1) is 11.3 Å². The number of carbonyl (C=O) groups is 1. The summed E-state index contributed by atoms with van der Waals surface area (Å²) in [6, 6.07) is 2.23. The van der Waals surface area contributed by atoms with Crippen LogP contribution in [-0.4, -0.2) is 53.6 Å². The van der Waals surface area contributed by atoms with Crippen molar-refractivity contribution in [3.63, 3.8) is 0 Å². The summed E-state index contributed by atoms with van der Waals surface area (Å²) in [4.78, 5) is 27.2. The third-order valence-corrected chi connectivity index (χ3v) is 5.09. The van der Waals surface area contributed by atoms with Gasteiger partial charge in [0.05, 0.1) is 5.39 Å². The molecule has 0 atom stereocenters. The third-order valence-electron chi connectivity index (χ3n) is 3.90. The Hall–Kier alpha value is -1.89. The van der Waals surface area contributed by atoms with Crippen LogP contribution in [0, 0.1) is 0 Å². The number of aryl methyl sites for hydroxylation is 1. The number of carbonyl (C=O) groups excluding carboxylic acids is 1. The number of amides is 2. The van der Waals surface area contributed by atoms with Crippen molar-refractivity contribution in [2.45, 2.75) is 20.3 Å². The van der Waals surface area contributed by atoms with Gasteiger partial charge in [-0.1, -0.05) is 6.92 Å². The Bertz CT molecular complexity index is 663. The lowest BCUT2D eigenvalue weighted by molar-refractivity contribution is 0.195. The van der Waals surface area contributed by atoms with Crippen LogP contribution < -0.4 is 10.2 Å². The molecule has 0 saturated carbocycles. The van der Waals surface area contributed by atoms with Gasteiger partial charge in [0, 0.05) is 37.6 Å². The molecule has 2 aromatic heterocycles. The fraction of sp³-hybridized carbons (Fsp3) is 0.533. The van der Waals surface area contributed by atoms with E-state index in [0.29, 0.717) is 6.54 Å². The van der Waals surface area contributed by atoms with Crippen LogP contribution in [0.4, 0.5) is 10.6 Å². The molecule has 0 bridgehead atoms. The van der Waals surface area contributed by atoms with Gasteiger partial charge in [-0.25, -0.2) is 14.8 Å². The third kappa shape index (κ3) is 2.85. The molecule has 1 saturated heterocycles.